The molecule has 0 aromatic heterocycles. The number of ether oxygens (including phenoxy) is 2. The Kier molecular flexibility index (Phi) is 11.9. The van der Waals surface area contributed by atoms with E-state index in [1.165, 1.54) is 0 Å². The predicted octanol–water partition coefficient (Wildman–Crippen LogP) is 1.93. The van der Waals surface area contributed by atoms with Gasteiger partial charge < -0.3 is 25.0 Å². The van der Waals surface area contributed by atoms with Crippen LogP contribution in [0.3, 0.4) is 0 Å². The molecular formula is C21H36IN5O3. The minimum absolute atomic E-state index is 0. The van der Waals surface area contributed by atoms with E-state index in [4.69, 9.17) is 9.47 Å². The Labute approximate surface area is 197 Å². The van der Waals surface area contributed by atoms with Crippen LogP contribution < -0.4 is 20.1 Å². The van der Waals surface area contributed by atoms with Crippen molar-refractivity contribution in [2.45, 2.75) is 31.8 Å². The second-order valence-electron chi connectivity index (χ2n) is 7.32. The molecule has 0 bridgehead atoms. The van der Waals surface area contributed by atoms with Crippen LogP contribution in [0.25, 0.3) is 0 Å². The van der Waals surface area contributed by atoms with Crippen LogP contribution >= 0.6 is 24.0 Å². The van der Waals surface area contributed by atoms with Crippen LogP contribution in [-0.2, 0) is 11.3 Å². The van der Waals surface area contributed by atoms with E-state index in [0.29, 0.717) is 18.0 Å². The molecule has 1 aromatic rings. The van der Waals surface area contributed by atoms with Crippen LogP contribution in [0.5, 0.6) is 11.5 Å². The number of halogens is 1. The van der Waals surface area contributed by atoms with Crippen LogP contribution in [-0.4, -0.2) is 82.7 Å². The number of nitrogens with zero attached hydrogens (tertiary/aromatic N) is 3. The third-order valence-electron chi connectivity index (χ3n) is 5.14. The lowest BCUT2D eigenvalue weighted by Crippen LogP contribution is -2.44. The van der Waals surface area contributed by atoms with Crippen molar-refractivity contribution in [3.05, 3.63) is 23.8 Å². The van der Waals surface area contributed by atoms with Crippen LogP contribution in [0.15, 0.2) is 23.2 Å². The number of amides is 1. The number of likely N-dealkylation sites (N-methyl/N-ethyl adjacent to an activating group) is 1. The molecule has 1 aliphatic rings. The molecule has 1 unspecified atom stereocenters. The number of hydrogen-bond donors (Lipinski definition) is 2. The summed E-state index contributed by atoms with van der Waals surface area (Å²) in [6.07, 6.45) is 3.00. The summed E-state index contributed by atoms with van der Waals surface area (Å²) in [5.74, 6) is 2.39. The van der Waals surface area contributed by atoms with Crippen LogP contribution in [0, 0.1) is 0 Å². The average molecular weight is 533 g/mol. The molecule has 1 heterocycles. The van der Waals surface area contributed by atoms with Crippen molar-refractivity contribution in [2.75, 3.05) is 55.0 Å². The zero-order chi connectivity index (χ0) is 21.2. The third-order valence-corrected chi connectivity index (χ3v) is 5.14. The Morgan fingerprint density at radius 1 is 1.23 bits per heavy atom. The molecule has 1 aliphatic heterocycles. The fourth-order valence-corrected chi connectivity index (χ4v) is 3.56. The lowest BCUT2D eigenvalue weighted by atomic mass is 10.2. The number of likely N-dealkylation sites (tertiary alicyclic amines) is 1. The Hall–Kier alpha value is -1.75. The predicted molar refractivity (Wildman–Crippen MR) is 131 cm³/mol. The number of rotatable bonds is 9. The lowest BCUT2D eigenvalue weighted by molar-refractivity contribution is -0.133. The van der Waals surface area contributed by atoms with Crippen molar-refractivity contribution in [1.82, 2.24) is 20.4 Å². The van der Waals surface area contributed by atoms with E-state index in [0.717, 1.165) is 50.4 Å². The minimum Gasteiger partial charge on any atom is -0.493 e. The van der Waals surface area contributed by atoms with E-state index < -0.39 is 0 Å². The van der Waals surface area contributed by atoms with Gasteiger partial charge in [-0.2, -0.15) is 0 Å². The average Bonchev–Trinajstić information content (AvgIpc) is 3.20. The lowest BCUT2D eigenvalue weighted by Gasteiger charge is -2.26. The zero-order valence-electron chi connectivity index (χ0n) is 18.7. The number of hydrogen-bond acceptors (Lipinski definition) is 5. The van der Waals surface area contributed by atoms with Crippen molar-refractivity contribution in [3.63, 3.8) is 0 Å². The fraction of sp³-hybridized carbons (Fsp3) is 0.619. The van der Waals surface area contributed by atoms with Crippen LogP contribution in [0.1, 0.15) is 24.8 Å². The first kappa shape index (κ1) is 26.3. The summed E-state index contributed by atoms with van der Waals surface area (Å²) in [7, 11) is 8.67. The number of carbonyl (C=O) groups is 1. The molecule has 1 fully saturated rings. The van der Waals surface area contributed by atoms with Crippen molar-refractivity contribution in [2.24, 2.45) is 4.99 Å². The molecule has 1 aromatic carbocycles. The summed E-state index contributed by atoms with van der Waals surface area (Å²) in [6.45, 7) is 3.33. The van der Waals surface area contributed by atoms with Gasteiger partial charge in [0.2, 0.25) is 5.91 Å². The van der Waals surface area contributed by atoms with Crippen LogP contribution in [0.4, 0.5) is 0 Å². The number of aliphatic imine (C=N–C) groups is 1. The van der Waals surface area contributed by atoms with Gasteiger partial charge in [0.25, 0.3) is 0 Å². The highest BCUT2D eigenvalue weighted by atomic mass is 127. The largest absolute Gasteiger partial charge is 0.493 e. The minimum atomic E-state index is 0. The van der Waals surface area contributed by atoms with Gasteiger partial charge in [0.1, 0.15) is 0 Å². The standard InChI is InChI=1S/C21H35N5O3.HI/c1-22-21(24-15-16-9-10-18(28-4)19(14-16)29-5)23-11-7-13-26-12-6-8-17(26)20(27)25(2)3;/h9-10,14,17H,6-8,11-13,15H2,1-5H3,(H2,22,23,24);1H. The van der Waals surface area contributed by atoms with Gasteiger partial charge in [0, 0.05) is 40.8 Å². The maximum Gasteiger partial charge on any atom is 0.239 e. The summed E-state index contributed by atoms with van der Waals surface area (Å²) >= 11 is 0. The Balaban J connectivity index is 0.00000450. The molecule has 2 rings (SSSR count). The molecule has 1 amide bonds. The maximum absolute atomic E-state index is 12.3. The van der Waals surface area contributed by atoms with Gasteiger partial charge in [-0.25, -0.2) is 0 Å². The molecule has 1 atom stereocenters. The van der Waals surface area contributed by atoms with Crippen LogP contribution in [0.2, 0.25) is 0 Å². The highest BCUT2D eigenvalue weighted by Crippen LogP contribution is 2.27. The van der Waals surface area contributed by atoms with Gasteiger partial charge in [0.05, 0.1) is 20.3 Å². The van der Waals surface area contributed by atoms with Gasteiger partial charge in [-0.1, -0.05) is 6.07 Å². The molecule has 9 heteroatoms. The van der Waals surface area contributed by atoms with E-state index >= 15 is 0 Å². The number of nitrogens with one attached hydrogen (secondary N) is 2. The zero-order valence-corrected chi connectivity index (χ0v) is 21.1. The maximum atomic E-state index is 12.3. The first-order chi connectivity index (χ1) is 14.0. The summed E-state index contributed by atoms with van der Waals surface area (Å²) in [6, 6.07) is 5.88. The molecule has 1 saturated heterocycles. The quantitative estimate of drug-likeness (QED) is 0.219. The molecule has 0 spiro atoms. The van der Waals surface area contributed by atoms with Crippen molar-refractivity contribution < 1.29 is 14.3 Å². The van der Waals surface area contributed by atoms with Crippen molar-refractivity contribution in [1.29, 1.82) is 0 Å². The molecule has 30 heavy (non-hydrogen) atoms. The molecule has 0 saturated carbocycles. The number of benzene rings is 1. The fourth-order valence-electron chi connectivity index (χ4n) is 3.56. The van der Waals surface area contributed by atoms with E-state index in [1.54, 1.807) is 26.2 Å². The molecule has 0 aliphatic carbocycles. The number of carbonyl (C=O) groups excluding carboxylic acids is 1. The van der Waals surface area contributed by atoms with Gasteiger partial charge in [-0.15, -0.1) is 24.0 Å². The first-order valence-corrected chi connectivity index (χ1v) is 10.1. The molecule has 2 N–H and O–H groups in total. The second kappa shape index (κ2) is 13.5. The molecular weight excluding hydrogens is 497 g/mol. The third kappa shape index (κ3) is 7.50. The highest BCUT2D eigenvalue weighted by molar-refractivity contribution is 14.0. The van der Waals surface area contributed by atoms with E-state index in [2.05, 4.69) is 20.5 Å². The smallest absolute Gasteiger partial charge is 0.239 e. The monoisotopic (exact) mass is 533 g/mol. The molecule has 8 nitrogen and oxygen atoms in total. The van der Waals surface area contributed by atoms with Crippen molar-refractivity contribution in [3.8, 4) is 11.5 Å². The summed E-state index contributed by atoms with van der Waals surface area (Å²) < 4.78 is 10.6. The normalized spacial score (nSPS) is 16.6. The highest BCUT2D eigenvalue weighted by Gasteiger charge is 2.30. The molecule has 170 valence electrons. The number of methoxy groups -OCH3 is 2. The SMILES string of the molecule is CN=C(NCCCN1CCCC1C(=O)N(C)C)NCc1ccc(OC)c(OC)c1.I. The number of guanidine groups is 1. The molecule has 0 radical (unpaired) electrons. The van der Waals surface area contributed by atoms with E-state index in [9.17, 15) is 4.79 Å². The second-order valence-corrected chi connectivity index (χ2v) is 7.32. The summed E-state index contributed by atoms with van der Waals surface area (Å²) in [5.41, 5.74) is 1.08. The Bertz CT molecular complexity index is 699. The van der Waals surface area contributed by atoms with Gasteiger partial charge in [0.15, 0.2) is 17.5 Å². The van der Waals surface area contributed by atoms with Gasteiger partial charge in [-0.05, 0) is 43.5 Å². The summed E-state index contributed by atoms with van der Waals surface area (Å²) in [4.78, 5) is 20.5. The Morgan fingerprint density at radius 3 is 2.60 bits per heavy atom. The van der Waals surface area contributed by atoms with E-state index in [-0.39, 0.29) is 35.9 Å². The first-order valence-electron chi connectivity index (χ1n) is 10.1. The Morgan fingerprint density at radius 2 is 1.97 bits per heavy atom. The van der Waals surface area contributed by atoms with Gasteiger partial charge >= 0.3 is 0 Å². The topological polar surface area (TPSA) is 78.4 Å². The van der Waals surface area contributed by atoms with Gasteiger partial charge in [-0.3, -0.25) is 14.7 Å². The summed E-state index contributed by atoms with van der Waals surface area (Å²) in [5, 5.41) is 6.66. The van der Waals surface area contributed by atoms with Crippen molar-refractivity contribution >= 4 is 35.8 Å². The van der Waals surface area contributed by atoms with E-state index in [1.807, 2.05) is 32.3 Å².